The minimum atomic E-state index is -0.683. The molecule has 0 N–H and O–H groups in total. The molecule has 4 nitrogen and oxygen atoms in total. The number of hydrogen-bond acceptors (Lipinski definition) is 3. The molecule has 0 rings (SSSR count). The fourth-order valence-electron chi connectivity index (χ4n) is 1.69. The van der Waals surface area contributed by atoms with Crippen LogP contribution in [0.2, 0.25) is 0 Å². The van der Waals surface area contributed by atoms with Crippen LogP contribution in [0, 0.1) is 0 Å². The van der Waals surface area contributed by atoms with Gasteiger partial charge in [-0.1, -0.05) is 59.3 Å². The van der Waals surface area contributed by atoms with Crippen molar-refractivity contribution in [3.63, 3.8) is 0 Å². The van der Waals surface area contributed by atoms with Crippen LogP contribution in [0.4, 0.5) is 0 Å². The first-order valence-corrected chi connectivity index (χ1v) is 8.54. The van der Waals surface area contributed by atoms with Gasteiger partial charge in [-0.2, -0.15) is 0 Å². The number of hydrogen-bond donors (Lipinski definition) is 0. The topological polar surface area (TPSA) is 27.7 Å². The third-order valence-electron chi connectivity index (χ3n) is 2.98. The number of quaternary nitrogens is 1. The number of rotatable bonds is 15. The molecule has 122 valence electrons. The molecule has 0 heterocycles. The Morgan fingerprint density at radius 3 is 1.15 bits per heavy atom. The average Bonchev–Trinajstić information content (AvgIpc) is 2.45. The summed E-state index contributed by atoms with van der Waals surface area (Å²) in [7, 11) is 0. The number of unbranched alkanes of at least 4 members (excludes halogenated alkanes) is 6. The molecule has 0 amide bonds. The fraction of sp³-hybridized carbons (Fsp3) is 1.00. The van der Waals surface area contributed by atoms with E-state index >= 15 is 0 Å². The van der Waals surface area contributed by atoms with Gasteiger partial charge < -0.3 is 0 Å². The second kappa shape index (κ2) is 14.1. The average molecular weight is 311 g/mol. The van der Waals surface area contributed by atoms with Crippen molar-refractivity contribution in [2.75, 3.05) is 19.8 Å². The van der Waals surface area contributed by atoms with E-state index in [4.69, 9.17) is 26.3 Å². The van der Waals surface area contributed by atoms with Crippen LogP contribution >= 0.6 is 11.8 Å². The lowest BCUT2D eigenvalue weighted by Crippen LogP contribution is -2.39. The smallest absolute Gasteiger partial charge is 0.112 e. The van der Waals surface area contributed by atoms with Gasteiger partial charge in [0.1, 0.15) is 19.8 Å². The van der Waals surface area contributed by atoms with E-state index in [2.05, 4.69) is 20.8 Å². The summed E-state index contributed by atoms with van der Waals surface area (Å²) in [5.41, 5.74) is 0. The van der Waals surface area contributed by atoms with E-state index in [-0.39, 0.29) is 0 Å². The van der Waals surface area contributed by atoms with Crippen LogP contribution in [0.25, 0.3) is 0 Å². The molecule has 0 aromatic carbocycles. The predicted octanol–water partition coefficient (Wildman–Crippen LogP) is 5.32. The van der Waals surface area contributed by atoms with Gasteiger partial charge in [-0.05, 0) is 19.3 Å². The largest absolute Gasteiger partial charge is 0.288 e. The van der Waals surface area contributed by atoms with Crippen LogP contribution in [0.5, 0.6) is 0 Å². The maximum Gasteiger partial charge on any atom is 0.288 e. The molecule has 0 aliphatic carbocycles. The van der Waals surface area contributed by atoms with Crippen LogP contribution in [0.15, 0.2) is 0 Å². The van der Waals surface area contributed by atoms with E-state index in [1.807, 2.05) is 0 Å². The predicted molar refractivity (Wildman–Crippen MR) is 82.5 cm³/mol. The Bertz CT molecular complexity index is 174. The summed E-state index contributed by atoms with van der Waals surface area (Å²) >= 11 is 6.25. The highest BCUT2D eigenvalue weighted by molar-refractivity contribution is 6.05. The standard InChI is InChI=1S/C15H33ClNO3/c1-4-7-10-13-18-17(16,19-14-11-8-5-2)20-15-12-9-6-3/h4-15H2,1-3H3/q+1. The molecule has 0 aliphatic rings. The molecule has 20 heavy (non-hydrogen) atoms. The summed E-state index contributed by atoms with van der Waals surface area (Å²) in [6.45, 7) is 8.14. The van der Waals surface area contributed by atoms with Crippen molar-refractivity contribution in [1.29, 1.82) is 0 Å². The van der Waals surface area contributed by atoms with E-state index in [1.165, 1.54) is 0 Å². The number of nitrogens with zero attached hydrogens (tertiary/aromatic N) is 1. The second-order valence-electron chi connectivity index (χ2n) is 5.05. The van der Waals surface area contributed by atoms with Crippen molar-refractivity contribution in [1.82, 2.24) is 0 Å². The summed E-state index contributed by atoms with van der Waals surface area (Å²) in [6, 6.07) is 0. The molecule has 0 unspecified atom stereocenters. The van der Waals surface area contributed by atoms with E-state index in [9.17, 15) is 0 Å². The lowest BCUT2D eigenvalue weighted by Gasteiger charge is -2.20. The summed E-state index contributed by atoms with van der Waals surface area (Å²) in [6.07, 6.45) is 9.76. The molecule has 0 saturated heterocycles. The highest BCUT2D eigenvalue weighted by atomic mass is 35.5. The Morgan fingerprint density at radius 2 is 0.900 bits per heavy atom. The van der Waals surface area contributed by atoms with Crippen molar-refractivity contribution in [2.45, 2.75) is 78.6 Å². The molecule has 0 aromatic rings. The van der Waals surface area contributed by atoms with Gasteiger partial charge in [0, 0.05) is 0 Å². The van der Waals surface area contributed by atoms with Gasteiger partial charge in [0.25, 0.3) is 11.8 Å². The minimum absolute atomic E-state index is 0.554. The van der Waals surface area contributed by atoms with Gasteiger partial charge in [0.2, 0.25) is 4.49 Å². The Kier molecular flexibility index (Phi) is 14.2. The zero-order chi connectivity index (χ0) is 15.1. The van der Waals surface area contributed by atoms with E-state index < -0.39 is 4.49 Å². The molecule has 0 fully saturated rings. The lowest BCUT2D eigenvalue weighted by atomic mass is 10.3. The maximum absolute atomic E-state index is 6.25. The van der Waals surface area contributed by atoms with Crippen molar-refractivity contribution in [3.8, 4) is 0 Å². The molecule has 0 spiro atoms. The lowest BCUT2D eigenvalue weighted by molar-refractivity contribution is -1.30. The van der Waals surface area contributed by atoms with E-state index in [0.29, 0.717) is 19.8 Å². The fourth-order valence-corrected chi connectivity index (χ4v) is 1.90. The quantitative estimate of drug-likeness (QED) is 0.233. The first-order chi connectivity index (χ1) is 9.68. The molecule has 0 aliphatic heterocycles. The van der Waals surface area contributed by atoms with Crippen molar-refractivity contribution >= 4 is 11.8 Å². The van der Waals surface area contributed by atoms with Gasteiger partial charge >= 0.3 is 0 Å². The van der Waals surface area contributed by atoms with Crippen LogP contribution in [-0.2, 0) is 14.5 Å². The van der Waals surface area contributed by atoms with Crippen molar-refractivity contribution in [3.05, 3.63) is 0 Å². The summed E-state index contributed by atoms with van der Waals surface area (Å²) < 4.78 is -0.683. The second-order valence-corrected chi connectivity index (χ2v) is 5.47. The van der Waals surface area contributed by atoms with Crippen LogP contribution < -0.4 is 0 Å². The molecule has 0 aromatic heterocycles. The molecular weight excluding hydrogens is 278 g/mol. The van der Waals surface area contributed by atoms with Gasteiger partial charge in [0.15, 0.2) is 0 Å². The third-order valence-corrected chi connectivity index (χ3v) is 3.27. The van der Waals surface area contributed by atoms with Crippen LogP contribution in [0.3, 0.4) is 0 Å². The van der Waals surface area contributed by atoms with Gasteiger partial charge in [-0.25, -0.2) is 0 Å². The Morgan fingerprint density at radius 1 is 0.600 bits per heavy atom. The first kappa shape index (κ1) is 20.1. The third kappa shape index (κ3) is 11.9. The Hall–Kier alpha value is 0.130. The zero-order valence-corrected chi connectivity index (χ0v) is 14.3. The number of halogens is 1. The van der Waals surface area contributed by atoms with Gasteiger partial charge in [0.05, 0.1) is 0 Å². The van der Waals surface area contributed by atoms with E-state index in [0.717, 1.165) is 57.8 Å². The molecule has 5 heteroatoms. The molecule has 0 saturated carbocycles. The minimum Gasteiger partial charge on any atom is -0.112 e. The molecular formula is C15H33ClNO3+. The Labute approximate surface area is 129 Å². The summed E-state index contributed by atoms with van der Waals surface area (Å²) in [4.78, 5) is 16.7. The SMILES string of the molecule is CCCCCO[N+](Cl)(OCCCCC)OCCCCC. The molecule has 0 bridgehead atoms. The van der Waals surface area contributed by atoms with Gasteiger partial charge in [-0.15, -0.1) is 14.5 Å². The summed E-state index contributed by atoms with van der Waals surface area (Å²) in [5, 5.41) is 0. The Balaban J connectivity index is 3.98. The molecule has 0 radical (unpaired) electrons. The van der Waals surface area contributed by atoms with E-state index in [1.54, 1.807) is 0 Å². The normalized spacial score (nSPS) is 12.0. The van der Waals surface area contributed by atoms with Crippen LogP contribution in [0.1, 0.15) is 78.6 Å². The van der Waals surface area contributed by atoms with Crippen LogP contribution in [-0.4, -0.2) is 24.3 Å². The molecule has 0 atom stereocenters. The van der Waals surface area contributed by atoms with Crippen molar-refractivity contribution < 1.29 is 19.0 Å². The monoisotopic (exact) mass is 310 g/mol. The zero-order valence-electron chi connectivity index (χ0n) is 13.5. The first-order valence-electron chi connectivity index (χ1n) is 8.20. The highest BCUT2D eigenvalue weighted by Gasteiger charge is 2.33. The van der Waals surface area contributed by atoms with Gasteiger partial charge in [-0.3, -0.25) is 0 Å². The van der Waals surface area contributed by atoms with Crippen molar-refractivity contribution in [2.24, 2.45) is 0 Å². The maximum atomic E-state index is 6.25. The summed E-state index contributed by atoms with van der Waals surface area (Å²) in [5.74, 6) is 0. The highest BCUT2D eigenvalue weighted by Crippen LogP contribution is 2.19.